The molecule has 0 N–H and O–H groups in total. The molecule has 2 aromatic carbocycles. The average Bonchev–Trinajstić information content (AvgIpc) is 2.62. The molecular weight excluding hydrogens is 338 g/mol. The number of nitrogens with zero attached hydrogens (tertiary/aromatic N) is 3. The number of hydrogen-bond acceptors (Lipinski definition) is 5. The van der Waals surface area contributed by atoms with Crippen LogP contribution in [0, 0.1) is 0 Å². The van der Waals surface area contributed by atoms with Crippen LogP contribution in [0.5, 0.6) is 11.5 Å². The zero-order valence-electron chi connectivity index (χ0n) is 13.7. The van der Waals surface area contributed by atoms with Crippen LogP contribution in [0.15, 0.2) is 59.0 Å². The number of anilines is 1. The lowest BCUT2D eigenvalue weighted by Crippen LogP contribution is -2.54. The first-order valence-electron chi connectivity index (χ1n) is 8.29. The predicted molar refractivity (Wildman–Crippen MR) is 97.7 cm³/mol. The van der Waals surface area contributed by atoms with Crippen molar-refractivity contribution in [1.29, 1.82) is 0 Å². The number of benzene rings is 2. The predicted octanol–water partition coefficient (Wildman–Crippen LogP) is 2.69. The monoisotopic (exact) mass is 357 g/mol. The van der Waals surface area contributed by atoms with E-state index in [0.717, 1.165) is 36.7 Å². The van der Waals surface area contributed by atoms with E-state index in [0.29, 0.717) is 12.5 Å². The van der Waals surface area contributed by atoms with Crippen LogP contribution in [0.2, 0.25) is 0 Å². The van der Waals surface area contributed by atoms with Crippen molar-refractivity contribution in [1.82, 2.24) is 4.90 Å². The highest BCUT2D eigenvalue weighted by Gasteiger charge is 2.31. The number of guanidine groups is 1. The van der Waals surface area contributed by atoms with Gasteiger partial charge in [0, 0.05) is 25.3 Å². The fourth-order valence-electron chi connectivity index (χ4n) is 3.07. The third-order valence-corrected chi connectivity index (χ3v) is 5.44. The molecule has 25 heavy (non-hydrogen) atoms. The van der Waals surface area contributed by atoms with Crippen molar-refractivity contribution in [2.45, 2.75) is 6.42 Å². The molecule has 1 saturated heterocycles. The minimum atomic E-state index is -3.36. The van der Waals surface area contributed by atoms with Crippen LogP contribution < -0.4 is 9.64 Å². The summed E-state index contributed by atoms with van der Waals surface area (Å²) in [6.45, 7) is 2.11. The molecule has 0 aromatic heterocycles. The van der Waals surface area contributed by atoms with E-state index in [1.54, 1.807) is 0 Å². The van der Waals surface area contributed by atoms with Gasteiger partial charge < -0.3 is 14.5 Å². The van der Waals surface area contributed by atoms with Gasteiger partial charge in [-0.05, 0) is 42.8 Å². The molecule has 6 nitrogen and oxygen atoms in total. The lowest BCUT2D eigenvalue weighted by atomic mass is 10.2. The minimum absolute atomic E-state index is 0.0915. The Morgan fingerprint density at radius 1 is 0.880 bits per heavy atom. The maximum Gasteiger partial charge on any atom is 0.258 e. The maximum atomic E-state index is 11.9. The summed E-state index contributed by atoms with van der Waals surface area (Å²) < 4.78 is 33.6. The molecule has 0 amide bonds. The van der Waals surface area contributed by atoms with Crippen LogP contribution >= 0.6 is 0 Å². The Bertz CT molecular complexity index is 880. The molecule has 0 radical (unpaired) electrons. The van der Waals surface area contributed by atoms with E-state index in [2.05, 4.69) is 4.40 Å². The number of para-hydroxylation sites is 1. The fraction of sp³-hybridized carbons (Fsp3) is 0.278. The van der Waals surface area contributed by atoms with Crippen molar-refractivity contribution in [3.05, 3.63) is 54.6 Å². The van der Waals surface area contributed by atoms with Crippen LogP contribution in [-0.2, 0) is 10.0 Å². The summed E-state index contributed by atoms with van der Waals surface area (Å²) in [5, 5.41) is 0. The SMILES string of the molecule is O=S1(=O)CCN2CCCN(c3ccc(Oc4ccccc4)cc3)C2=N1. The summed E-state index contributed by atoms with van der Waals surface area (Å²) >= 11 is 0. The Kier molecular flexibility index (Phi) is 4.09. The van der Waals surface area contributed by atoms with Crippen LogP contribution in [-0.4, -0.2) is 44.7 Å². The largest absolute Gasteiger partial charge is 0.457 e. The number of rotatable bonds is 3. The van der Waals surface area contributed by atoms with E-state index in [1.807, 2.05) is 64.4 Å². The summed E-state index contributed by atoms with van der Waals surface area (Å²) in [5.41, 5.74) is 0.918. The standard InChI is InChI=1S/C18H19N3O3S/c22-25(23)14-13-20-11-4-12-21(18(20)19-25)15-7-9-17(10-8-15)24-16-5-2-1-3-6-16/h1-3,5-10H,4,11-14H2. The summed E-state index contributed by atoms with van der Waals surface area (Å²) in [5.74, 6) is 2.15. The van der Waals surface area contributed by atoms with Gasteiger partial charge in [0.1, 0.15) is 11.5 Å². The summed E-state index contributed by atoms with van der Waals surface area (Å²) in [4.78, 5) is 4.01. The second-order valence-corrected chi connectivity index (χ2v) is 7.83. The van der Waals surface area contributed by atoms with Gasteiger partial charge in [0.15, 0.2) is 0 Å². The number of ether oxygens (including phenoxy) is 1. The first kappa shape index (κ1) is 16.0. The van der Waals surface area contributed by atoms with Crippen molar-refractivity contribution in [2.24, 2.45) is 4.40 Å². The fourth-order valence-corrected chi connectivity index (χ4v) is 4.07. The second kappa shape index (κ2) is 6.40. The van der Waals surface area contributed by atoms with E-state index in [4.69, 9.17) is 4.74 Å². The molecule has 2 aromatic rings. The lowest BCUT2D eigenvalue weighted by molar-refractivity contribution is 0.394. The molecule has 0 aliphatic carbocycles. The first-order chi connectivity index (χ1) is 12.1. The van der Waals surface area contributed by atoms with Gasteiger partial charge >= 0.3 is 0 Å². The highest BCUT2D eigenvalue weighted by Crippen LogP contribution is 2.27. The van der Waals surface area contributed by atoms with Gasteiger partial charge in [-0.2, -0.15) is 0 Å². The number of fused-ring (bicyclic) bond motifs is 1. The molecule has 0 saturated carbocycles. The van der Waals surface area contributed by atoms with E-state index < -0.39 is 10.0 Å². The van der Waals surface area contributed by atoms with Crippen molar-refractivity contribution < 1.29 is 13.2 Å². The van der Waals surface area contributed by atoms with E-state index >= 15 is 0 Å². The van der Waals surface area contributed by atoms with E-state index in [9.17, 15) is 8.42 Å². The molecule has 0 bridgehead atoms. The van der Waals surface area contributed by atoms with Crippen LogP contribution in [0.25, 0.3) is 0 Å². The zero-order chi connectivity index (χ0) is 17.3. The Morgan fingerprint density at radius 2 is 1.60 bits per heavy atom. The Balaban J connectivity index is 1.58. The summed E-state index contributed by atoms with van der Waals surface area (Å²) in [6.07, 6.45) is 0.974. The van der Waals surface area contributed by atoms with Crippen molar-refractivity contribution >= 4 is 21.7 Å². The van der Waals surface area contributed by atoms with Gasteiger partial charge in [0.2, 0.25) is 5.96 Å². The Labute approximate surface area is 147 Å². The number of hydrogen-bond donors (Lipinski definition) is 0. The van der Waals surface area contributed by atoms with Crippen LogP contribution in [0.3, 0.4) is 0 Å². The van der Waals surface area contributed by atoms with Gasteiger partial charge in [0.05, 0.1) is 5.75 Å². The maximum absolute atomic E-state index is 11.9. The molecule has 2 aliphatic rings. The first-order valence-corrected chi connectivity index (χ1v) is 9.90. The van der Waals surface area contributed by atoms with E-state index in [1.165, 1.54) is 0 Å². The minimum Gasteiger partial charge on any atom is -0.457 e. The summed E-state index contributed by atoms with van der Waals surface area (Å²) in [6, 6.07) is 17.2. The second-order valence-electron chi connectivity index (χ2n) is 6.08. The molecule has 2 heterocycles. The molecule has 2 aliphatic heterocycles. The lowest BCUT2D eigenvalue weighted by Gasteiger charge is -2.40. The molecule has 4 rings (SSSR count). The molecule has 130 valence electrons. The highest BCUT2D eigenvalue weighted by molar-refractivity contribution is 7.90. The molecule has 7 heteroatoms. The molecular formula is C18H19N3O3S. The topological polar surface area (TPSA) is 62.2 Å². The molecule has 0 spiro atoms. The zero-order valence-corrected chi connectivity index (χ0v) is 14.5. The summed E-state index contributed by atoms with van der Waals surface area (Å²) in [7, 11) is -3.36. The highest BCUT2D eigenvalue weighted by atomic mass is 32.2. The molecule has 1 fully saturated rings. The third-order valence-electron chi connectivity index (χ3n) is 4.30. The van der Waals surface area contributed by atoms with Gasteiger partial charge in [0.25, 0.3) is 10.0 Å². The third kappa shape index (κ3) is 3.46. The Morgan fingerprint density at radius 3 is 2.36 bits per heavy atom. The van der Waals surface area contributed by atoms with Crippen molar-refractivity contribution in [3.8, 4) is 11.5 Å². The molecule has 0 unspecified atom stereocenters. The average molecular weight is 357 g/mol. The smallest absolute Gasteiger partial charge is 0.258 e. The van der Waals surface area contributed by atoms with Gasteiger partial charge in [-0.3, -0.25) is 0 Å². The molecule has 0 atom stereocenters. The number of sulfonamides is 1. The normalized spacial score (nSPS) is 19.1. The van der Waals surface area contributed by atoms with Crippen LogP contribution in [0.1, 0.15) is 6.42 Å². The van der Waals surface area contributed by atoms with Crippen molar-refractivity contribution in [2.75, 3.05) is 30.3 Å². The van der Waals surface area contributed by atoms with Gasteiger partial charge in [-0.1, -0.05) is 18.2 Å². The van der Waals surface area contributed by atoms with E-state index in [-0.39, 0.29) is 5.75 Å². The quantitative estimate of drug-likeness (QED) is 0.845. The van der Waals surface area contributed by atoms with Gasteiger partial charge in [-0.15, -0.1) is 4.40 Å². The van der Waals surface area contributed by atoms with Gasteiger partial charge in [-0.25, -0.2) is 8.42 Å². The Hall–Kier alpha value is -2.54. The van der Waals surface area contributed by atoms with Crippen molar-refractivity contribution in [3.63, 3.8) is 0 Å². The van der Waals surface area contributed by atoms with Crippen LogP contribution in [0.4, 0.5) is 5.69 Å².